The van der Waals surface area contributed by atoms with E-state index in [1.54, 1.807) is 29.2 Å². The molecule has 3 rings (SSSR count). The number of amides is 1. The first-order valence-electron chi connectivity index (χ1n) is 11.1. The Labute approximate surface area is 207 Å². The summed E-state index contributed by atoms with van der Waals surface area (Å²) in [5.41, 5.74) is 0.281. The van der Waals surface area contributed by atoms with E-state index in [9.17, 15) is 30.8 Å². The molecule has 0 aromatic heterocycles. The first-order valence-corrected chi connectivity index (χ1v) is 12.5. The van der Waals surface area contributed by atoms with Crippen LogP contribution in [0.3, 0.4) is 0 Å². The van der Waals surface area contributed by atoms with Crippen LogP contribution in [0.5, 0.6) is 5.75 Å². The highest BCUT2D eigenvalue weighted by Crippen LogP contribution is 2.31. The van der Waals surface area contributed by atoms with Crippen LogP contribution in [0, 0.1) is 11.7 Å². The average molecular weight is 524 g/mol. The molecule has 0 saturated heterocycles. The first-order chi connectivity index (χ1) is 16.8. The first kappa shape index (κ1) is 27.2. The van der Waals surface area contributed by atoms with Gasteiger partial charge in [-0.2, -0.15) is 21.6 Å². The average Bonchev–Trinajstić information content (AvgIpc) is 2.80. The third-order valence-corrected chi connectivity index (χ3v) is 6.40. The van der Waals surface area contributed by atoms with Gasteiger partial charge in [0.2, 0.25) is 5.91 Å². The van der Waals surface area contributed by atoms with E-state index in [1.165, 1.54) is 24.3 Å². The van der Waals surface area contributed by atoms with E-state index in [-0.39, 0.29) is 36.4 Å². The predicted molar refractivity (Wildman–Crippen MR) is 126 cm³/mol. The number of hydrogen-bond acceptors (Lipinski definition) is 4. The maximum Gasteiger partial charge on any atom is 0.416 e. The number of hydrogen-bond donors (Lipinski definition) is 0. The third kappa shape index (κ3) is 7.55. The zero-order valence-electron chi connectivity index (χ0n) is 19.6. The summed E-state index contributed by atoms with van der Waals surface area (Å²) in [7, 11) is -4.49. The molecule has 0 fully saturated rings. The molecule has 10 heteroatoms. The van der Waals surface area contributed by atoms with Gasteiger partial charge in [-0.1, -0.05) is 44.2 Å². The smallest absolute Gasteiger partial charge is 0.379 e. The minimum absolute atomic E-state index is 0.0794. The molecule has 0 atom stereocenters. The van der Waals surface area contributed by atoms with Crippen LogP contribution in [0.15, 0.2) is 77.7 Å². The van der Waals surface area contributed by atoms with Gasteiger partial charge in [0.1, 0.15) is 16.5 Å². The highest BCUT2D eigenvalue weighted by atomic mass is 32.2. The van der Waals surface area contributed by atoms with Crippen molar-refractivity contribution in [2.24, 2.45) is 5.92 Å². The lowest BCUT2D eigenvalue weighted by atomic mass is 10.1. The van der Waals surface area contributed by atoms with Gasteiger partial charge in [0.25, 0.3) is 0 Å². The van der Waals surface area contributed by atoms with Crippen molar-refractivity contribution in [3.05, 3.63) is 95.3 Å². The Balaban J connectivity index is 1.71. The van der Waals surface area contributed by atoms with E-state index in [1.807, 2.05) is 13.8 Å². The molecule has 0 heterocycles. The van der Waals surface area contributed by atoms with Crippen molar-refractivity contribution >= 4 is 16.0 Å². The molecular weight excluding hydrogens is 498 g/mol. The number of carbonyl (C=O) groups excluding carboxylic acids is 1. The summed E-state index contributed by atoms with van der Waals surface area (Å²) < 4.78 is 81.9. The van der Waals surface area contributed by atoms with E-state index < -0.39 is 26.8 Å². The Morgan fingerprint density at radius 1 is 0.944 bits per heavy atom. The largest absolute Gasteiger partial charge is 0.416 e. The van der Waals surface area contributed by atoms with Gasteiger partial charge in [-0.15, -0.1) is 0 Å². The number of rotatable bonds is 9. The predicted octanol–water partition coefficient (Wildman–Crippen LogP) is 5.84. The Morgan fingerprint density at radius 2 is 1.56 bits per heavy atom. The van der Waals surface area contributed by atoms with Crippen molar-refractivity contribution in [2.75, 3.05) is 6.54 Å². The second-order valence-electron chi connectivity index (χ2n) is 8.68. The lowest BCUT2D eigenvalue weighted by molar-refractivity contribution is -0.137. The molecule has 0 N–H and O–H groups in total. The van der Waals surface area contributed by atoms with Crippen LogP contribution in [-0.2, 0) is 34.1 Å². The Kier molecular flexibility index (Phi) is 8.39. The Bertz CT molecular complexity index is 1290. The van der Waals surface area contributed by atoms with Gasteiger partial charge in [-0.05, 0) is 59.5 Å². The third-order valence-electron chi connectivity index (χ3n) is 5.16. The molecule has 0 saturated carbocycles. The molecule has 0 unspecified atom stereocenters. The number of alkyl halides is 3. The topological polar surface area (TPSA) is 63.7 Å². The van der Waals surface area contributed by atoms with Gasteiger partial charge >= 0.3 is 16.3 Å². The molecule has 3 aromatic rings. The van der Waals surface area contributed by atoms with Crippen molar-refractivity contribution in [1.29, 1.82) is 0 Å². The summed E-state index contributed by atoms with van der Waals surface area (Å²) in [5, 5.41) is 0. The summed E-state index contributed by atoms with van der Waals surface area (Å²) in [6.07, 6.45) is -4.59. The molecule has 0 aliphatic heterocycles. The molecule has 3 aromatic carbocycles. The summed E-state index contributed by atoms with van der Waals surface area (Å²) in [4.78, 5) is 13.9. The molecule has 0 aliphatic rings. The lowest BCUT2D eigenvalue weighted by Gasteiger charge is -2.25. The van der Waals surface area contributed by atoms with E-state index in [0.717, 1.165) is 18.2 Å². The normalized spacial score (nSPS) is 12.0. The van der Waals surface area contributed by atoms with Crippen LogP contribution in [0.1, 0.15) is 30.5 Å². The van der Waals surface area contributed by atoms with E-state index in [2.05, 4.69) is 0 Å². The molecule has 0 spiro atoms. The standard InChI is InChI=1S/C26H25F4NO4S/c1-18(2)16-31(25(32)14-19-6-10-22(27)11-7-19)17-20-8-12-23(13-9-20)35-36(33,34)24-5-3-4-21(15-24)26(28,29)30/h3-13,15,18H,14,16-17H2,1-2H3. The second-order valence-corrected chi connectivity index (χ2v) is 10.2. The van der Waals surface area contributed by atoms with Gasteiger partial charge in [-0.25, -0.2) is 4.39 Å². The summed E-state index contributed by atoms with van der Waals surface area (Å²) in [5.74, 6) is -0.433. The van der Waals surface area contributed by atoms with E-state index in [4.69, 9.17) is 4.18 Å². The fourth-order valence-electron chi connectivity index (χ4n) is 3.46. The molecular formula is C26H25F4NO4S. The van der Waals surface area contributed by atoms with Crippen LogP contribution >= 0.6 is 0 Å². The zero-order valence-corrected chi connectivity index (χ0v) is 20.4. The number of nitrogens with zero attached hydrogens (tertiary/aromatic N) is 1. The van der Waals surface area contributed by atoms with Crippen LogP contribution in [-0.4, -0.2) is 25.8 Å². The van der Waals surface area contributed by atoms with Crippen LogP contribution in [0.2, 0.25) is 0 Å². The number of carbonyl (C=O) groups is 1. The van der Waals surface area contributed by atoms with Crippen molar-refractivity contribution in [1.82, 2.24) is 4.90 Å². The fourth-order valence-corrected chi connectivity index (χ4v) is 4.43. The van der Waals surface area contributed by atoms with E-state index >= 15 is 0 Å². The zero-order chi connectivity index (χ0) is 26.5. The van der Waals surface area contributed by atoms with Gasteiger partial charge < -0.3 is 9.08 Å². The van der Waals surface area contributed by atoms with Gasteiger partial charge in [0.05, 0.1) is 12.0 Å². The number of halogens is 4. The minimum Gasteiger partial charge on any atom is -0.379 e. The van der Waals surface area contributed by atoms with Crippen LogP contribution < -0.4 is 4.18 Å². The SMILES string of the molecule is CC(C)CN(Cc1ccc(OS(=O)(=O)c2cccc(C(F)(F)F)c2)cc1)C(=O)Cc1ccc(F)cc1. The second kappa shape index (κ2) is 11.1. The molecule has 192 valence electrons. The number of benzene rings is 3. The van der Waals surface area contributed by atoms with Crippen molar-refractivity contribution in [2.45, 2.75) is 37.9 Å². The van der Waals surface area contributed by atoms with Gasteiger partial charge in [-0.3, -0.25) is 4.79 Å². The molecule has 0 bridgehead atoms. The van der Waals surface area contributed by atoms with Crippen molar-refractivity contribution in [3.8, 4) is 5.75 Å². The summed E-state index contributed by atoms with van der Waals surface area (Å²) in [6, 6.07) is 14.9. The van der Waals surface area contributed by atoms with Crippen molar-refractivity contribution < 1.29 is 35.0 Å². The van der Waals surface area contributed by atoms with Crippen LogP contribution in [0.25, 0.3) is 0 Å². The highest BCUT2D eigenvalue weighted by molar-refractivity contribution is 7.87. The minimum atomic E-state index is -4.69. The molecule has 36 heavy (non-hydrogen) atoms. The van der Waals surface area contributed by atoms with E-state index in [0.29, 0.717) is 23.7 Å². The monoisotopic (exact) mass is 523 g/mol. The Hall–Kier alpha value is -3.40. The highest BCUT2D eigenvalue weighted by Gasteiger charge is 2.32. The Morgan fingerprint density at radius 3 is 2.14 bits per heavy atom. The maximum atomic E-state index is 13.2. The van der Waals surface area contributed by atoms with Gasteiger partial charge in [0, 0.05) is 13.1 Å². The molecule has 0 aliphatic carbocycles. The fraction of sp³-hybridized carbons (Fsp3) is 0.269. The summed E-state index contributed by atoms with van der Waals surface area (Å²) >= 11 is 0. The van der Waals surface area contributed by atoms with Crippen LogP contribution in [0.4, 0.5) is 17.6 Å². The lowest BCUT2D eigenvalue weighted by Crippen LogP contribution is -2.34. The van der Waals surface area contributed by atoms with Gasteiger partial charge in [0.15, 0.2) is 0 Å². The quantitative estimate of drug-likeness (QED) is 0.261. The molecule has 1 amide bonds. The summed E-state index contributed by atoms with van der Waals surface area (Å²) in [6.45, 7) is 4.66. The molecule has 5 nitrogen and oxygen atoms in total. The maximum absolute atomic E-state index is 13.2. The molecule has 0 radical (unpaired) electrons. The van der Waals surface area contributed by atoms with Crippen molar-refractivity contribution in [3.63, 3.8) is 0 Å².